The molecule has 0 saturated carbocycles. The van der Waals surface area contributed by atoms with Crippen molar-refractivity contribution in [1.82, 2.24) is 0 Å². The number of sulfonamides is 1. The number of nitrogens with one attached hydrogen (secondary N) is 2. The van der Waals surface area contributed by atoms with E-state index in [0.29, 0.717) is 22.5 Å². The van der Waals surface area contributed by atoms with E-state index in [4.69, 9.17) is 0 Å². The quantitative estimate of drug-likeness (QED) is 0.632. The molecule has 0 aromatic heterocycles. The van der Waals surface area contributed by atoms with Crippen molar-refractivity contribution in [3.63, 3.8) is 0 Å². The molecule has 0 radical (unpaired) electrons. The van der Waals surface area contributed by atoms with Crippen LogP contribution in [-0.2, 0) is 10.0 Å². The van der Waals surface area contributed by atoms with Gasteiger partial charge >= 0.3 is 0 Å². The Bertz CT molecular complexity index is 1190. The first-order valence-electron chi connectivity index (χ1n) is 8.94. The Hall–Kier alpha value is -3.19. The Morgan fingerprint density at radius 1 is 0.828 bits per heavy atom. The fourth-order valence-electron chi connectivity index (χ4n) is 2.82. The summed E-state index contributed by atoms with van der Waals surface area (Å²) in [6, 6.07) is 15.4. The summed E-state index contributed by atoms with van der Waals surface area (Å²) in [6.45, 7) is 5.25. The summed E-state index contributed by atoms with van der Waals surface area (Å²) in [5.74, 6) is -0.981. The van der Waals surface area contributed by atoms with Crippen LogP contribution in [-0.4, -0.2) is 14.3 Å². The van der Waals surface area contributed by atoms with Gasteiger partial charge in [-0.2, -0.15) is 0 Å². The molecule has 0 aliphatic heterocycles. The van der Waals surface area contributed by atoms with Gasteiger partial charge in [0.1, 0.15) is 5.82 Å². The number of anilines is 2. The molecule has 0 aliphatic carbocycles. The van der Waals surface area contributed by atoms with Crippen LogP contribution in [0.4, 0.5) is 15.8 Å². The van der Waals surface area contributed by atoms with Crippen molar-refractivity contribution in [3.05, 3.63) is 88.7 Å². The van der Waals surface area contributed by atoms with Crippen molar-refractivity contribution in [1.29, 1.82) is 0 Å². The minimum atomic E-state index is -3.89. The summed E-state index contributed by atoms with van der Waals surface area (Å²) in [4.78, 5) is 12.7. The molecule has 0 heterocycles. The number of amides is 1. The van der Waals surface area contributed by atoms with E-state index in [-0.39, 0.29) is 10.5 Å². The van der Waals surface area contributed by atoms with Crippen LogP contribution in [0.5, 0.6) is 0 Å². The van der Waals surface area contributed by atoms with Crippen LogP contribution < -0.4 is 10.0 Å². The number of carbonyl (C=O) groups is 1. The average Bonchev–Trinajstić information content (AvgIpc) is 2.66. The van der Waals surface area contributed by atoms with Crippen LogP contribution in [0.3, 0.4) is 0 Å². The number of rotatable bonds is 5. The van der Waals surface area contributed by atoms with Crippen LogP contribution in [0.2, 0.25) is 0 Å². The van der Waals surface area contributed by atoms with Gasteiger partial charge in [-0.25, -0.2) is 12.8 Å². The summed E-state index contributed by atoms with van der Waals surface area (Å²) in [5.41, 5.74) is 3.08. The van der Waals surface area contributed by atoms with Gasteiger partial charge < -0.3 is 5.32 Å². The fourth-order valence-corrected chi connectivity index (χ4v) is 3.98. The average molecular weight is 412 g/mol. The molecule has 3 rings (SSSR count). The Balaban J connectivity index is 1.92. The predicted octanol–water partition coefficient (Wildman–Crippen LogP) is 4.80. The number of carbonyl (C=O) groups excluding carboxylic acids is 1. The molecule has 0 aliphatic rings. The van der Waals surface area contributed by atoms with Crippen molar-refractivity contribution >= 4 is 27.3 Å². The standard InChI is InChI=1S/C22H21FN2O3S/c1-14-9-11-18(29(27,28)25-20-7-5-4-6-15(20)2)13-19(14)22(26)24-21-12-17(23)10-8-16(21)3/h4-13,25H,1-3H3,(H,24,26). The molecule has 5 nitrogen and oxygen atoms in total. The Kier molecular flexibility index (Phi) is 5.70. The molecule has 0 spiro atoms. The molecular formula is C22H21FN2O3S. The summed E-state index contributed by atoms with van der Waals surface area (Å²) in [6.07, 6.45) is 0. The first-order chi connectivity index (χ1) is 13.7. The van der Waals surface area contributed by atoms with E-state index in [9.17, 15) is 17.6 Å². The molecule has 1 amide bonds. The smallest absolute Gasteiger partial charge is 0.261 e. The van der Waals surface area contributed by atoms with E-state index in [1.54, 1.807) is 51.1 Å². The molecule has 0 unspecified atom stereocenters. The molecule has 150 valence electrons. The third-order valence-electron chi connectivity index (χ3n) is 4.60. The van der Waals surface area contributed by atoms with Crippen LogP contribution in [0.15, 0.2) is 65.6 Å². The van der Waals surface area contributed by atoms with Gasteiger partial charge in [0.25, 0.3) is 15.9 Å². The lowest BCUT2D eigenvalue weighted by molar-refractivity contribution is 0.102. The second-order valence-corrected chi connectivity index (χ2v) is 8.49. The Morgan fingerprint density at radius 2 is 1.48 bits per heavy atom. The largest absolute Gasteiger partial charge is 0.322 e. The highest BCUT2D eigenvalue weighted by Crippen LogP contribution is 2.23. The predicted molar refractivity (Wildman–Crippen MR) is 112 cm³/mol. The van der Waals surface area contributed by atoms with Crippen LogP contribution in [0.25, 0.3) is 0 Å². The second kappa shape index (κ2) is 8.05. The first kappa shape index (κ1) is 20.5. The van der Waals surface area contributed by atoms with Crippen LogP contribution in [0.1, 0.15) is 27.0 Å². The summed E-state index contributed by atoms with van der Waals surface area (Å²) in [7, 11) is -3.89. The Morgan fingerprint density at radius 3 is 2.21 bits per heavy atom. The SMILES string of the molecule is Cc1ccc(F)cc1NC(=O)c1cc(S(=O)(=O)Nc2ccccc2C)ccc1C. The first-order valence-corrected chi connectivity index (χ1v) is 10.4. The van der Waals surface area contributed by atoms with Gasteiger partial charge in [0.2, 0.25) is 0 Å². The number of benzene rings is 3. The van der Waals surface area contributed by atoms with E-state index in [1.165, 1.54) is 24.3 Å². The van der Waals surface area contributed by atoms with E-state index in [0.717, 1.165) is 5.56 Å². The molecular weight excluding hydrogens is 391 g/mol. The van der Waals surface area contributed by atoms with E-state index < -0.39 is 21.7 Å². The fraction of sp³-hybridized carbons (Fsp3) is 0.136. The van der Waals surface area contributed by atoms with Gasteiger partial charge in [0.15, 0.2) is 0 Å². The third kappa shape index (κ3) is 4.63. The minimum absolute atomic E-state index is 0.0348. The minimum Gasteiger partial charge on any atom is -0.322 e. The number of hydrogen-bond donors (Lipinski definition) is 2. The normalized spacial score (nSPS) is 11.2. The number of para-hydroxylation sites is 1. The van der Waals surface area contributed by atoms with Crippen molar-refractivity contribution in [2.75, 3.05) is 10.0 Å². The van der Waals surface area contributed by atoms with Crippen molar-refractivity contribution in [2.45, 2.75) is 25.7 Å². The van der Waals surface area contributed by atoms with E-state index >= 15 is 0 Å². The van der Waals surface area contributed by atoms with Crippen molar-refractivity contribution < 1.29 is 17.6 Å². The number of halogens is 1. The lowest BCUT2D eigenvalue weighted by atomic mass is 10.1. The maximum absolute atomic E-state index is 13.5. The molecule has 0 saturated heterocycles. The highest BCUT2D eigenvalue weighted by molar-refractivity contribution is 7.92. The zero-order chi connectivity index (χ0) is 21.2. The van der Waals surface area contributed by atoms with Gasteiger partial charge in [0.05, 0.1) is 10.6 Å². The topological polar surface area (TPSA) is 75.3 Å². The van der Waals surface area contributed by atoms with Crippen molar-refractivity contribution in [3.8, 4) is 0 Å². The monoisotopic (exact) mass is 412 g/mol. The third-order valence-corrected chi connectivity index (χ3v) is 5.96. The van der Waals surface area contributed by atoms with Gasteiger partial charge in [-0.3, -0.25) is 9.52 Å². The lowest BCUT2D eigenvalue weighted by Crippen LogP contribution is -2.17. The number of aryl methyl sites for hydroxylation is 3. The van der Waals surface area contributed by atoms with Gasteiger partial charge in [-0.05, 0) is 67.8 Å². The lowest BCUT2D eigenvalue weighted by Gasteiger charge is -2.13. The summed E-state index contributed by atoms with van der Waals surface area (Å²) < 4.78 is 41.7. The number of hydrogen-bond acceptors (Lipinski definition) is 3. The van der Waals surface area contributed by atoms with E-state index in [1.807, 2.05) is 6.07 Å². The maximum Gasteiger partial charge on any atom is 0.261 e. The van der Waals surface area contributed by atoms with Gasteiger partial charge in [0, 0.05) is 11.3 Å². The van der Waals surface area contributed by atoms with Crippen LogP contribution >= 0.6 is 0 Å². The molecule has 0 fully saturated rings. The summed E-state index contributed by atoms with van der Waals surface area (Å²) in [5, 5.41) is 2.65. The van der Waals surface area contributed by atoms with E-state index in [2.05, 4.69) is 10.0 Å². The molecule has 0 atom stereocenters. The molecule has 7 heteroatoms. The highest BCUT2D eigenvalue weighted by Gasteiger charge is 2.19. The zero-order valence-electron chi connectivity index (χ0n) is 16.3. The zero-order valence-corrected chi connectivity index (χ0v) is 17.1. The molecule has 2 N–H and O–H groups in total. The molecule has 3 aromatic rings. The highest BCUT2D eigenvalue weighted by atomic mass is 32.2. The second-order valence-electron chi connectivity index (χ2n) is 6.81. The molecule has 29 heavy (non-hydrogen) atoms. The van der Waals surface area contributed by atoms with Gasteiger partial charge in [-0.1, -0.05) is 30.3 Å². The Labute approximate surface area is 169 Å². The molecule has 3 aromatic carbocycles. The summed E-state index contributed by atoms with van der Waals surface area (Å²) >= 11 is 0. The van der Waals surface area contributed by atoms with Gasteiger partial charge in [-0.15, -0.1) is 0 Å². The molecule has 0 bridgehead atoms. The maximum atomic E-state index is 13.5. The van der Waals surface area contributed by atoms with Crippen LogP contribution in [0, 0.1) is 26.6 Å². The van der Waals surface area contributed by atoms with Crippen molar-refractivity contribution in [2.24, 2.45) is 0 Å².